The van der Waals surface area contributed by atoms with Crippen LogP contribution in [0.1, 0.15) is 26.3 Å². The van der Waals surface area contributed by atoms with Gasteiger partial charge in [-0.15, -0.1) is 0 Å². The maximum absolute atomic E-state index is 15.1. The Hall–Kier alpha value is -5.90. The standard InChI is InChI=1S/C45H35N2O3P/c1-45(2,3)30-25-26-46-42(27-30)47-39-24-23-37-36-19-10-11-20-41(36)50-44(37)43(39)38-22-21-32(29-40(38)47)49-31-13-12-18-35(28-31)51(48,33-14-6-4-7-15-33)34-16-8-5-9-17-34/h4-29H,1-3H3. The second kappa shape index (κ2) is 11.9. The van der Waals surface area contributed by atoms with E-state index in [1.54, 1.807) is 0 Å². The van der Waals surface area contributed by atoms with Gasteiger partial charge in [0.25, 0.3) is 0 Å². The Labute approximate surface area is 296 Å². The Morgan fingerprint density at radius 2 is 1.27 bits per heavy atom. The van der Waals surface area contributed by atoms with E-state index in [-0.39, 0.29) is 5.41 Å². The molecule has 5 nitrogen and oxygen atoms in total. The fourth-order valence-electron chi connectivity index (χ4n) is 7.18. The molecule has 0 N–H and O–H groups in total. The molecule has 9 rings (SSSR count). The highest BCUT2D eigenvalue weighted by Crippen LogP contribution is 2.44. The van der Waals surface area contributed by atoms with Crippen LogP contribution in [0.25, 0.3) is 49.6 Å². The molecule has 0 fully saturated rings. The Morgan fingerprint density at radius 3 is 2.02 bits per heavy atom. The van der Waals surface area contributed by atoms with Crippen molar-refractivity contribution in [2.24, 2.45) is 0 Å². The molecule has 6 aromatic carbocycles. The van der Waals surface area contributed by atoms with Gasteiger partial charge in [0.1, 0.15) is 28.5 Å². The third-order valence-corrected chi connectivity index (χ3v) is 12.8. The number of furan rings is 1. The predicted molar refractivity (Wildman–Crippen MR) is 210 cm³/mol. The zero-order valence-corrected chi connectivity index (χ0v) is 29.5. The van der Waals surface area contributed by atoms with Gasteiger partial charge in [-0.05, 0) is 65.6 Å². The van der Waals surface area contributed by atoms with Gasteiger partial charge in [-0.2, -0.15) is 0 Å². The van der Waals surface area contributed by atoms with Gasteiger partial charge in [0.15, 0.2) is 7.14 Å². The lowest BCUT2D eigenvalue weighted by molar-refractivity contribution is 0.483. The van der Waals surface area contributed by atoms with Gasteiger partial charge in [0, 0.05) is 44.3 Å². The molecule has 3 aromatic heterocycles. The first kappa shape index (κ1) is 31.1. The van der Waals surface area contributed by atoms with Crippen molar-refractivity contribution in [2.75, 3.05) is 0 Å². The van der Waals surface area contributed by atoms with Crippen molar-refractivity contribution in [1.29, 1.82) is 0 Å². The van der Waals surface area contributed by atoms with Crippen molar-refractivity contribution >= 4 is 66.8 Å². The number of fused-ring (bicyclic) bond motifs is 7. The minimum Gasteiger partial charge on any atom is -0.457 e. The van der Waals surface area contributed by atoms with E-state index in [2.05, 4.69) is 67.8 Å². The monoisotopic (exact) mass is 682 g/mol. The summed E-state index contributed by atoms with van der Waals surface area (Å²) < 4.78 is 30.5. The molecule has 0 bridgehead atoms. The number of pyridine rings is 1. The van der Waals surface area contributed by atoms with Crippen LogP contribution < -0.4 is 20.7 Å². The summed E-state index contributed by atoms with van der Waals surface area (Å²) >= 11 is 0. The van der Waals surface area contributed by atoms with Gasteiger partial charge >= 0.3 is 0 Å². The second-order valence-corrected chi connectivity index (χ2v) is 16.7. The summed E-state index contributed by atoms with van der Waals surface area (Å²) in [6.07, 6.45) is 1.89. The molecule has 0 radical (unpaired) electrons. The first-order valence-electron chi connectivity index (χ1n) is 17.1. The largest absolute Gasteiger partial charge is 0.457 e. The minimum atomic E-state index is -3.17. The molecule has 0 aliphatic carbocycles. The van der Waals surface area contributed by atoms with Crippen molar-refractivity contribution in [1.82, 2.24) is 9.55 Å². The Morgan fingerprint density at radius 1 is 0.608 bits per heavy atom. The van der Waals surface area contributed by atoms with E-state index in [0.29, 0.717) is 16.8 Å². The van der Waals surface area contributed by atoms with E-state index < -0.39 is 7.14 Å². The lowest BCUT2D eigenvalue weighted by Crippen LogP contribution is -2.24. The summed E-state index contributed by atoms with van der Waals surface area (Å²) in [7, 11) is -3.17. The smallest absolute Gasteiger partial charge is 0.171 e. The molecule has 248 valence electrons. The molecule has 0 saturated heterocycles. The summed E-state index contributed by atoms with van der Waals surface area (Å²) in [5, 5.41) is 6.50. The lowest BCUT2D eigenvalue weighted by atomic mass is 9.88. The van der Waals surface area contributed by atoms with Crippen LogP contribution in [0.15, 0.2) is 162 Å². The quantitative estimate of drug-likeness (QED) is 0.164. The molecule has 0 unspecified atom stereocenters. The van der Waals surface area contributed by atoms with E-state index in [1.807, 2.05) is 115 Å². The topological polar surface area (TPSA) is 57.3 Å². The molecule has 51 heavy (non-hydrogen) atoms. The number of nitrogens with zero attached hydrogens (tertiary/aromatic N) is 2. The number of hydrogen-bond acceptors (Lipinski definition) is 4. The van der Waals surface area contributed by atoms with Crippen molar-refractivity contribution in [3.05, 3.63) is 163 Å². The Kier molecular flexibility index (Phi) is 7.24. The highest BCUT2D eigenvalue weighted by molar-refractivity contribution is 7.85. The Balaban J connectivity index is 1.22. The average Bonchev–Trinajstić information content (AvgIpc) is 3.70. The SMILES string of the molecule is CC(C)(C)c1ccnc(-n2c3cc(Oc4cccc(P(=O)(c5ccccc5)c5ccccc5)c4)ccc3c3c4oc5ccccc5c4ccc32)c1. The summed E-state index contributed by atoms with van der Waals surface area (Å²) in [5.74, 6) is 2.09. The summed E-state index contributed by atoms with van der Waals surface area (Å²) in [6.45, 7) is 6.64. The molecule has 0 spiro atoms. The number of benzene rings is 6. The van der Waals surface area contributed by atoms with E-state index in [9.17, 15) is 0 Å². The predicted octanol–water partition coefficient (Wildman–Crippen LogP) is 10.8. The van der Waals surface area contributed by atoms with Crippen LogP contribution in [0.4, 0.5) is 0 Å². The number of aromatic nitrogens is 2. The molecule has 0 aliphatic heterocycles. The molecule has 0 atom stereocenters. The molecule has 9 aromatic rings. The van der Waals surface area contributed by atoms with Crippen LogP contribution in [-0.2, 0) is 9.98 Å². The van der Waals surface area contributed by atoms with E-state index in [1.165, 1.54) is 5.56 Å². The van der Waals surface area contributed by atoms with Crippen LogP contribution >= 0.6 is 7.14 Å². The van der Waals surface area contributed by atoms with Crippen molar-refractivity contribution < 1.29 is 13.7 Å². The molecular weight excluding hydrogens is 647 g/mol. The number of hydrogen-bond donors (Lipinski definition) is 0. The highest BCUT2D eigenvalue weighted by atomic mass is 31.2. The first-order chi connectivity index (χ1) is 24.8. The third-order valence-electron chi connectivity index (χ3n) is 9.74. The third kappa shape index (κ3) is 5.16. The number of para-hydroxylation sites is 1. The van der Waals surface area contributed by atoms with Gasteiger partial charge in [-0.3, -0.25) is 4.57 Å². The normalized spacial score (nSPS) is 12.3. The maximum atomic E-state index is 15.1. The minimum absolute atomic E-state index is 0.0549. The van der Waals surface area contributed by atoms with E-state index >= 15 is 4.57 Å². The first-order valence-corrected chi connectivity index (χ1v) is 18.8. The van der Waals surface area contributed by atoms with Crippen LogP contribution in [0, 0.1) is 0 Å². The van der Waals surface area contributed by atoms with Crippen molar-refractivity contribution in [3.63, 3.8) is 0 Å². The van der Waals surface area contributed by atoms with Crippen LogP contribution in [0.2, 0.25) is 0 Å². The van der Waals surface area contributed by atoms with Crippen LogP contribution in [0.5, 0.6) is 11.5 Å². The summed E-state index contributed by atoms with van der Waals surface area (Å²) in [5.41, 5.74) is 4.80. The molecular formula is C45H35N2O3P. The maximum Gasteiger partial charge on any atom is 0.171 e. The van der Waals surface area contributed by atoms with E-state index in [0.717, 1.165) is 60.2 Å². The molecule has 0 amide bonds. The van der Waals surface area contributed by atoms with Gasteiger partial charge in [0.05, 0.1) is 16.4 Å². The average molecular weight is 683 g/mol. The summed E-state index contributed by atoms with van der Waals surface area (Å²) in [4.78, 5) is 4.89. The second-order valence-electron chi connectivity index (χ2n) is 14.0. The zero-order valence-electron chi connectivity index (χ0n) is 28.6. The number of rotatable bonds is 6. The molecule has 6 heteroatoms. The van der Waals surface area contributed by atoms with E-state index in [4.69, 9.17) is 14.1 Å². The van der Waals surface area contributed by atoms with Crippen LogP contribution in [0.3, 0.4) is 0 Å². The van der Waals surface area contributed by atoms with Crippen molar-refractivity contribution in [3.8, 4) is 17.3 Å². The lowest BCUT2D eigenvalue weighted by Gasteiger charge is -2.20. The Bertz CT molecular complexity index is 2750. The molecule has 0 aliphatic rings. The highest BCUT2D eigenvalue weighted by Gasteiger charge is 2.30. The van der Waals surface area contributed by atoms with Crippen molar-refractivity contribution in [2.45, 2.75) is 26.2 Å². The number of ether oxygens (including phenoxy) is 1. The molecule has 0 saturated carbocycles. The summed E-state index contributed by atoms with van der Waals surface area (Å²) in [6, 6.07) is 50.0. The van der Waals surface area contributed by atoms with Crippen LogP contribution in [-0.4, -0.2) is 9.55 Å². The zero-order chi connectivity index (χ0) is 34.7. The van der Waals surface area contributed by atoms with Gasteiger partial charge < -0.3 is 13.7 Å². The molecule has 3 heterocycles. The fourth-order valence-corrected chi connectivity index (χ4v) is 9.87. The van der Waals surface area contributed by atoms with Gasteiger partial charge in [-0.25, -0.2) is 4.98 Å². The fraction of sp³-hybridized carbons (Fsp3) is 0.0889. The van der Waals surface area contributed by atoms with Gasteiger partial charge in [-0.1, -0.05) is 112 Å². The van der Waals surface area contributed by atoms with Gasteiger partial charge in [0.2, 0.25) is 0 Å².